The van der Waals surface area contributed by atoms with Gasteiger partial charge in [0.25, 0.3) is 0 Å². The summed E-state index contributed by atoms with van der Waals surface area (Å²) < 4.78 is 0. The fourth-order valence-corrected chi connectivity index (χ4v) is 3.07. The number of aromatic nitrogens is 2. The average molecular weight is 317 g/mol. The molecule has 0 fully saturated rings. The van der Waals surface area contributed by atoms with E-state index in [1.54, 1.807) is 0 Å². The lowest BCUT2D eigenvalue weighted by Gasteiger charge is -2.13. The van der Waals surface area contributed by atoms with Gasteiger partial charge >= 0.3 is 5.69 Å². The highest BCUT2D eigenvalue weighted by atomic mass is 32.2. The Morgan fingerprint density at radius 1 is 1.18 bits per heavy atom. The summed E-state index contributed by atoms with van der Waals surface area (Å²) in [5.41, 5.74) is 4.57. The molecule has 6 heteroatoms. The second-order valence-electron chi connectivity index (χ2n) is 5.31. The molecule has 116 valence electrons. The maximum atomic E-state index is 12.1. The third kappa shape index (κ3) is 3.98. The van der Waals surface area contributed by atoms with Crippen molar-refractivity contribution in [1.29, 1.82) is 0 Å². The van der Waals surface area contributed by atoms with Crippen LogP contribution in [0.15, 0.2) is 28.2 Å². The van der Waals surface area contributed by atoms with Crippen LogP contribution in [0.25, 0.3) is 0 Å². The molecule has 0 aliphatic carbocycles. The van der Waals surface area contributed by atoms with Gasteiger partial charge in [-0.25, -0.2) is 9.78 Å². The van der Waals surface area contributed by atoms with Gasteiger partial charge in [-0.05, 0) is 44.4 Å². The van der Waals surface area contributed by atoms with Crippen LogP contribution in [-0.4, -0.2) is 21.6 Å². The summed E-state index contributed by atoms with van der Waals surface area (Å²) in [7, 11) is 0. The number of hydrogen-bond acceptors (Lipinski definition) is 4. The summed E-state index contributed by atoms with van der Waals surface area (Å²) in [6.07, 6.45) is 1.51. The third-order valence-electron chi connectivity index (χ3n) is 3.24. The Kier molecular flexibility index (Phi) is 5.03. The predicted molar refractivity (Wildman–Crippen MR) is 89.6 cm³/mol. The highest BCUT2D eigenvalue weighted by molar-refractivity contribution is 8.00. The van der Waals surface area contributed by atoms with E-state index in [4.69, 9.17) is 0 Å². The van der Waals surface area contributed by atoms with Crippen LogP contribution < -0.4 is 11.0 Å². The van der Waals surface area contributed by atoms with Gasteiger partial charge in [0.2, 0.25) is 5.91 Å². The van der Waals surface area contributed by atoms with Crippen LogP contribution in [0.4, 0.5) is 5.69 Å². The number of nitrogens with one attached hydrogen (secondary N) is 2. The van der Waals surface area contributed by atoms with Gasteiger partial charge in [0, 0.05) is 11.9 Å². The summed E-state index contributed by atoms with van der Waals surface area (Å²) in [6, 6.07) is 4.08. The topological polar surface area (TPSA) is 74.8 Å². The van der Waals surface area contributed by atoms with Crippen molar-refractivity contribution in [3.8, 4) is 0 Å². The summed E-state index contributed by atoms with van der Waals surface area (Å²) in [4.78, 5) is 29.6. The van der Waals surface area contributed by atoms with Gasteiger partial charge in [0.05, 0.1) is 10.8 Å². The van der Waals surface area contributed by atoms with Crippen molar-refractivity contribution in [3.63, 3.8) is 0 Å². The van der Waals surface area contributed by atoms with Crippen LogP contribution in [0.3, 0.4) is 0 Å². The molecule has 0 unspecified atom stereocenters. The van der Waals surface area contributed by atoms with Gasteiger partial charge in [-0.1, -0.05) is 29.5 Å². The highest BCUT2D eigenvalue weighted by Crippen LogP contribution is 2.23. The number of aryl methyl sites for hydroxylation is 4. The lowest BCUT2D eigenvalue weighted by atomic mass is 10.1. The van der Waals surface area contributed by atoms with Crippen LogP contribution in [0.2, 0.25) is 0 Å². The van der Waals surface area contributed by atoms with E-state index in [2.05, 4.69) is 15.3 Å². The summed E-state index contributed by atoms with van der Waals surface area (Å²) in [5, 5.41) is 3.62. The summed E-state index contributed by atoms with van der Waals surface area (Å²) >= 11 is 1.30. The molecule has 0 bridgehead atoms. The number of amides is 1. The number of carbonyl (C=O) groups excluding carboxylic acids is 1. The van der Waals surface area contributed by atoms with Crippen molar-refractivity contribution in [2.45, 2.75) is 32.7 Å². The first-order valence-corrected chi connectivity index (χ1v) is 7.92. The number of benzene rings is 1. The Balaban J connectivity index is 2.05. The SMILES string of the molecule is Cc1cc(C)c(NC(=O)CSc2[nH]c(=O)ncc2C)c(C)c1. The monoisotopic (exact) mass is 317 g/mol. The van der Waals surface area contributed by atoms with Crippen LogP contribution >= 0.6 is 11.8 Å². The first kappa shape index (κ1) is 16.3. The Morgan fingerprint density at radius 3 is 2.45 bits per heavy atom. The molecule has 0 aliphatic rings. The van der Waals surface area contributed by atoms with E-state index >= 15 is 0 Å². The fraction of sp³-hybridized carbons (Fsp3) is 0.312. The maximum absolute atomic E-state index is 12.1. The van der Waals surface area contributed by atoms with E-state index in [9.17, 15) is 9.59 Å². The molecule has 5 nitrogen and oxygen atoms in total. The van der Waals surface area contributed by atoms with Crippen LogP contribution in [0.5, 0.6) is 0 Å². The van der Waals surface area contributed by atoms with Crippen molar-refractivity contribution in [1.82, 2.24) is 9.97 Å². The van der Waals surface area contributed by atoms with Gasteiger partial charge in [-0.3, -0.25) is 4.79 Å². The zero-order valence-electron chi connectivity index (χ0n) is 13.1. The van der Waals surface area contributed by atoms with Crippen LogP contribution in [0, 0.1) is 27.7 Å². The van der Waals surface area contributed by atoms with Gasteiger partial charge in [-0.2, -0.15) is 0 Å². The smallest absolute Gasteiger partial charge is 0.325 e. The third-order valence-corrected chi connectivity index (χ3v) is 4.36. The molecule has 0 aliphatic heterocycles. The molecule has 0 radical (unpaired) electrons. The Morgan fingerprint density at radius 2 is 1.82 bits per heavy atom. The first-order valence-electron chi connectivity index (χ1n) is 6.93. The van der Waals surface area contributed by atoms with E-state index in [0.717, 1.165) is 22.4 Å². The number of nitrogens with zero attached hydrogens (tertiary/aromatic N) is 1. The summed E-state index contributed by atoms with van der Waals surface area (Å²) in [5.74, 6) is 0.130. The average Bonchev–Trinajstić information content (AvgIpc) is 2.44. The normalized spacial score (nSPS) is 10.5. The zero-order valence-corrected chi connectivity index (χ0v) is 13.9. The predicted octanol–water partition coefficient (Wildman–Crippen LogP) is 2.73. The number of rotatable bonds is 4. The van der Waals surface area contributed by atoms with Gasteiger partial charge < -0.3 is 10.3 Å². The Bertz CT molecular complexity index is 745. The van der Waals surface area contributed by atoms with E-state index in [-0.39, 0.29) is 11.7 Å². The molecule has 0 saturated carbocycles. The van der Waals surface area contributed by atoms with E-state index < -0.39 is 5.69 Å². The van der Waals surface area contributed by atoms with Gasteiger partial charge in [0.1, 0.15) is 0 Å². The number of carbonyl (C=O) groups is 1. The van der Waals surface area contributed by atoms with Crippen LogP contribution in [-0.2, 0) is 4.79 Å². The minimum atomic E-state index is -0.404. The number of hydrogen-bond donors (Lipinski definition) is 2. The molecule has 1 aromatic carbocycles. The number of thioether (sulfide) groups is 1. The molecule has 0 spiro atoms. The first-order chi connectivity index (χ1) is 10.4. The second kappa shape index (κ2) is 6.79. The van der Waals surface area contributed by atoms with Crippen LogP contribution in [0.1, 0.15) is 22.3 Å². The largest absolute Gasteiger partial charge is 0.345 e. The number of aromatic amines is 1. The standard InChI is InChI=1S/C16H19N3O2S/c1-9-5-10(2)14(11(3)6-9)18-13(20)8-22-15-12(4)7-17-16(21)19-15/h5-7H,8H2,1-4H3,(H,18,20)(H,17,19,21). The Hall–Kier alpha value is -2.08. The minimum Gasteiger partial charge on any atom is -0.325 e. The molecular formula is C16H19N3O2S. The molecule has 22 heavy (non-hydrogen) atoms. The molecule has 1 heterocycles. The Labute approximate surface area is 133 Å². The number of anilines is 1. The molecule has 0 saturated heterocycles. The molecule has 2 rings (SSSR count). The summed E-state index contributed by atoms with van der Waals surface area (Å²) in [6.45, 7) is 7.84. The molecule has 1 amide bonds. The minimum absolute atomic E-state index is 0.0999. The van der Waals surface area contributed by atoms with Crippen molar-refractivity contribution in [2.24, 2.45) is 0 Å². The highest BCUT2D eigenvalue weighted by Gasteiger charge is 2.10. The lowest BCUT2D eigenvalue weighted by Crippen LogP contribution is -2.17. The van der Waals surface area contributed by atoms with Crippen molar-refractivity contribution in [2.75, 3.05) is 11.1 Å². The molecular weight excluding hydrogens is 298 g/mol. The molecule has 2 aromatic rings. The quantitative estimate of drug-likeness (QED) is 0.671. The van der Waals surface area contributed by atoms with Gasteiger partial charge in [0.15, 0.2) is 0 Å². The molecule has 2 N–H and O–H groups in total. The maximum Gasteiger partial charge on any atom is 0.345 e. The lowest BCUT2D eigenvalue weighted by molar-refractivity contribution is -0.113. The molecule has 1 aromatic heterocycles. The molecule has 0 atom stereocenters. The second-order valence-corrected chi connectivity index (χ2v) is 6.30. The van der Waals surface area contributed by atoms with E-state index in [1.807, 2.05) is 39.8 Å². The fourth-order valence-electron chi connectivity index (χ4n) is 2.28. The van der Waals surface area contributed by atoms with Crippen molar-refractivity contribution in [3.05, 3.63) is 51.1 Å². The van der Waals surface area contributed by atoms with Gasteiger partial charge in [-0.15, -0.1) is 0 Å². The van der Waals surface area contributed by atoms with E-state index in [0.29, 0.717) is 5.03 Å². The zero-order chi connectivity index (χ0) is 16.3. The van der Waals surface area contributed by atoms with Crippen molar-refractivity contribution < 1.29 is 4.79 Å². The number of H-pyrrole nitrogens is 1. The van der Waals surface area contributed by atoms with E-state index in [1.165, 1.54) is 23.5 Å². The van der Waals surface area contributed by atoms with Crippen molar-refractivity contribution >= 4 is 23.4 Å².